The molecule has 4 nitrogen and oxygen atoms in total. The van der Waals surface area contributed by atoms with E-state index in [1.54, 1.807) is 6.92 Å². The number of ketones is 1. The van der Waals surface area contributed by atoms with Crippen LogP contribution in [0.1, 0.15) is 34.1 Å². The quantitative estimate of drug-likeness (QED) is 0.408. The lowest BCUT2D eigenvalue weighted by atomic mass is 10.1. The van der Waals surface area contributed by atoms with E-state index in [1.807, 2.05) is 90.5 Å². The van der Waals surface area contributed by atoms with Crippen molar-refractivity contribution in [3.05, 3.63) is 95.3 Å². The molecule has 0 saturated heterocycles. The van der Waals surface area contributed by atoms with Crippen molar-refractivity contribution in [3.63, 3.8) is 0 Å². The van der Waals surface area contributed by atoms with Gasteiger partial charge in [0.05, 0.1) is 5.69 Å². The summed E-state index contributed by atoms with van der Waals surface area (Å²) in [4.78, 5) is 24.7. The zero-order valence-corrected chi connectivity index (χ0v) is 17.2. The molecule has 1 heterocycles. The van der Waals surface area contributed by atoms with Crippen LogP contribution in [0.25, 0.3) is 6.08 Å². The number of benzene rings is 2. The Kier molecular flexibility index (Phi) is 6.73. The van der Waals surface area contributed by atoms with Gasteiger partial charge in [-0.2, -0.15) is 0 Å². The third kappa shape index (κ3) is 5.48. The van der Waals surface area contributed by atoms with E-state index in [4.69, 9.17) is 5.11 Å². The van der Waals surface area contributed by atoms with Gasteiger partial charge in [-0.3, -0.25) is 9.59 Å². The first-order valence-electron chi connectivity index (χ1n) is 9.36. The van der Waals surface area contributed by atoms with Crippen molar-refractivity contribution in [3.8, 4) is 0 Å². The Labute approximate surface area is 174 Å². The van der Waals surface area contributed by atoms with Gasteiger partial charge in [-0.05, 0) is 43.7 Å². The minimum atomic E-state index is -0.825. The van der Waals surface area contributed by atoms with Crippen LogP contribution in [-0.4, -0.2) is 26.7 Å². The van der Waals surface area contributed by atoms with E-state index < -0.39 is 11.2 Å². The number of aliphatic carboxylic acids is 1. The minimum Gasteiger partial charge on any atom is -0.480 e. The van der Waals surface area contributed by atoms with Crippen LogP contribution in [0.5, 0.6) is 0 Å². The molecule has 0 aliphatic heterocycles. The number of nitrogens with zero attached hydrogens (tertiary/aromatic N) is 1. The fourth-order valence-electron chi connectivity index (χ4n) is 2.88. The van der Waals surface area contributed by atoms with E-state index in [1.165, 1.54) is 11.8 Å². The predicted octanol–water partition coefficient (Wildman–Crippen LogP) is 5.31. The van der Waals surface area contributed by atoms with Gasteiger partial charge in [0.2, 0.25) is 5.78 Å². The van der Waals surface area contributed by atoms with Crippen LogP contribution < -0.4 is 0 Å². The molecule has 0 aliphatic rings. The zero-order valence-electron chi connectivity index (χ0n) is 16.4. The highest BCUT2D eigenvalue weighted by molar-refractivity contribution is 8.00. The Morgan fingerprint density at radius 1 is 1.10 bits per heavy atom. The highest BCUT2D eigenvalue weighted by Crippen LogP contribution is 2.24. The van der Waals surface area contributed by atoms with Crippen LogP contribution in [0, 0.1) is 6.92 Å². The van der Waals surface area contributed by atoms with Gasteiger partial charge in [-0.1, -0.05) is 54.1 Å². The lowest BCUT2D eigenvalue weighted by molar-refractivity contribution is -0.136. The molecule has 148 valence electrons. The number of allylic oxidation sites excluding steroid dienone is 1. The van der Waals surface area contributed by atoms with Gasteiger partial charge in [0, 0.05) is 23.2 Å². The van der Waals surface area contributed by atoms with Crippen LogP contribution in [0.4, 0.5) is 0 Å². The van der Waals surface area contributed by atoms with Gasteiger partial charge in [0.1, 0.15) is 5.25 Å². The number of aryl methyl sites for hydroxylation is 1. The van der Waals surface area contributed by atoms with E-state index >= 15 is 0 Å². The smallest absolute Gasteiger partial charge is 0.316 e. The summed E-state index contributed by atoms with van der Waals surface area (Å²) in [6.07, 6.45) is 5.87. The van der Waals surface area contributed by atoms with Crippen molar-refractivity contribution < 1.29 is 14.7 Å². The molecule has 3 rings (SSSR count). The van der Waals surface area contributed by atoms with E-state index in [2.05, 4.69) is 0 Å². The fraction of sp³-hybridized carbons (Fsp3) is 0.167. The Hall–Kier alpha value is -3.05. The Morgan fingerprint density at radius 2 is 1.86 bits per heavy atom. The maximum atomic E-state index is 12.8. The summed E-state index contributed by atoms with van der Waals surface area (Å²) in [5.74, 6) is -0.821. The largest absolute Gasteiger partial charge is 0.480 e. The Balaban J connectivity index is 1.69. The number of aromatic nitrogens is 1. The molecule has 0 unspecified atom stereocenters. The van der Waals surface area contributed by atoms with Crippen LogP contribution in [0.3, 0.4) is 0 Å². The van der Waals surface area contributed by atoms with E-state index in [0.717, 1.165) is 16.0 Å². The number of carbonyl (C=O) groups excluding carboxylic acids is 1. The number of hydrogen-bond acceptors (Lipinski definition) is 3. The molecule has 3 aromatic rings. The van der Waals surface area contributed by atoms with Crippen molar-refractivity contribution >= 4 is 29.6 Å². The van der Waals surface area contributed by atoms with Crippen LogP contribution in [0.15, 0.2) is 77.8 Å². The average Bonchev–Trinajstić information content (AvgIpc) is 3.17. The third-order valence-corrected chi connectivity index (χ3v) is 5.59. The monoisotopic (exact) mass is 405 g/mol. The molecule has 0 saturated carbocycles. The SMILES string of the molecule is Cc1ccc(C(=O)c2cccn2C/C=C/c2cccc(S[C@H](C)C(=O)O)c2)cc1. The van der Waals surface area contributed by atoms with Gasteiger partial charge >= 0.3 is 5.97 Å². The summed E-state index contributed by atoms with van der Waals surface area (Å²) in [5, 5.41) is 8.57. The molecular formula is C24H23NO3S. The molecule has 5 heteroatoms. The third-order valence-electron chi connectivity index (χ3n) is 4.51. The van der Waals surface area contributed by atoms with E-state index in [9.17, 15) is 9.59 Å². The second-order valence-corrected chi connectivity index (χ2v) is 8.23. The molecule has 1 aromatic heterocycles. The van der Waals surface area contributed by atoms with Gasteiger partial charge < -0.3 is 9.67 Å². The number of thioether (sulfide) groups is 1. The molecule has 0 amide bonds. The number of carbonyl (C=O) groups is 2. The Morgan fingerprint density at radius 3 is 2.59 bits per heavy atom. The Bertz CT molecular complexity index is 1030. The molecule has 2 aromatic carbocycles. The van der Waals surface area contributed by atoms with Gasteiger partial charge in [-0.25, -0.2) is 0 Å². The number of rotatable bonds is 8. The first-order chi connectivity index (χ1) is 13.9. The molecule has 0 aliphatic carbocycles. The summed E-state index contributed by atoms with van der Waals surface area (Å²) < 4.78 is 1.92. The van der Waals surface area contributed by atoms with Crippen molar-refractivity contribution in [2.24, 2.45) is 0 Å². The molecule has 0 radical (unpaired) electrons. The molecule has 0 fully saturated rings. The fourth-order valence-corrected chi connectivity index (χ4v) is 3.75. The average molecular weight is 406 g/mol. The van der Waals surface area contributed by atoms with Crippen LogP contribution >= 0.6 is 11.8 Å². The number of carboxylic acids is 1. The van der Waals surface area contributed by atoms with Crippen molar-refractivity contribution in [1.82, 2.24) is 4.57 Å². The van der Waals surface area contributed by atoms with Crippen molar-refractivity contribution in [1.29, 1.82) is 0 Å². The van der Waals surface area contributed by atoms with E-state index in [-0.39, 0.29) is 5.78 Å². The molecule has 1 N–H and O–H groups in total. The normalized spacial score (nSPS) is 12.2. The highest BCUT2D eigenvalue weighted by Gasteiger charge is 2.13. The second-order valence-electron chi connectivity index (χ2n) is 6.81. The first-order valence-corrected chi connectivity index (χ1v) is 10.2. The van der Waals surface area contributed by atoms with Crippen molar-refractivity contribution in [2.75, 3.05) is 0 Å². The molecule has 1 atom stereocenters. The number of carboxylic acid groups (broad SMARTS) is 1. The molecule has 0 spiro atoms. The van der Waals surface area contributed by atoms with E-state index in [0.29, 0.717) is 17.8 Å². The second kappa shape index (κ2) is 9.43. The van der Waals surface area contributed by atoms with Crippen molar-refractivity contribution in [2.45, 2.75) is 30.5 Å². The van der Waals surface area contributed by atoms with Gasteiger partial charge in [-0.15, -0.1) is 11.8 Å². The lowest BCUT2D eigenvalue weighted by Gasteiger charge is -2.07. The minimum absolute atomic E-state index is 0.00413. The summed E-state index contributed by atoms with van der Waals surface area (Å²) in [6, 6.07) is 19.1. The van der Waals surface area contributed by atoms with Gasteiger partial charge in [0.15, 0.2) is 0 Å². The molecule has 29 heavy (non-hydrogen) atoms. The maximum Gasteiger partial charge on any atom is 0.316 e. The van der Waals surface area contributed by atoms with Crippen LogP contribution in [-0.2, 0) is 11.3 Å². The summed E-state index contributed by atoms with van der Waals surface area (Å²) in [5.41, 5.74) is 3.44. The zero-order chi connectivity index (χ0) is 20.8. The first kappa shape index (κ1) is 20.7. The topological polar surface area (TPSA) is 59.3 Å². The van der Waals surface area contributed by atoms with Crippen LogP contribution in [0.2, 0.25) is 0 Å². The highest BCUT2D eigenvalue weighted by atomic mass is 32.2. The standard InChI is InChI=1S/C24H23NO3S/c1-17-10-12-20(13-11-17)23(26)22-9-5-15-25(22)14-4-7-19-6-3-8-21(16-19)29-18(2)24(27)28/h3-13,15-16,18H,14H2,1-2H3,(H,27,28)/b7-4+/t18-/m1/s1. The summed E-state index contributed by atoms with van der Waals surface area (Å²) >= 11 is 1.32. The maximum absolute atomic E-state index is 12.8. The van der Waals surface area contributed by atoms with Gasteiger partial charge in [0.25, 0.3) is 0 Å². The lowest BCUT2D eigenvalue weighted by Crippen LogP contribution is -2.10. The number of hydrogen-bond donors (Lipinski definition) is 1. The summed E-state index contributed by atoms with van der Waals surface area (Å²) in [6.45, 7) is 4.24. The molecular weight excluding hydrogens is 382 g/mol. The predicted molar refractivity (Wildman–Crippen MR) is 117 cm³/mol. The summed E-state index contributed by atoms with van der Waals surface area (Å²) in [7, 11) is 0. The molecule has 0 bridgehead atoms.